The number of hydrogen-bond donors (Lipinski definition) is 1. The zero-order chi connectivity index (χ0) is 13.2. The third-order valence-electron chi connectivity index (χ3n) is 2.72. The molecule has 0 spiro atoms. The van der Waals surface area contributed by atoms with Crippen LogP contribution in [0.4, 0.5) is 0 Å². The molecule has 0 unspecified atom stereocenters. The molecule has 6 heteroatoms. The van der Waals surface area contributed by atoms with E-state index in [1.807, 2.05) is 0 Å². The SMILES string of the molecule is C[C@@H](c1cccc(O)c1)N(C)S(=O)(=O)N(C)C. The molecule has 0 radical (unpaired) electrons. The Morgan fingerprint density at radius 1 is 1.24 bits per heavy atom. The van der Waals surface area contributed by atoms with Gasteiger partial charge in [0.05, 0.1) is 0 Å². The predicted octanol–water partition coefficient (Wildman–Crippen LogP) is 1.19. The molecule has 0 amide bonds. The number of phenolic OH excluding ortho intramolecular Hbond substituents is 1. The van der Waals surface area contributed by atoms with Crippen molar-refractivity contribution in [2.45, 2.75) is 13.0 Å². The van der Waals surface area contributed by atoms with Crippen molar-refractivity contribution < 1.29 is 13.5 Å². The second-order valence-corrected chi connectivity index (χ2v) is 6.28. The van der Waals surface area contributed by atoms with E-state index < -0.39 is 10.2 Å². The first-order valence-corrected chi connectivity index (χ1v) is 6.61. The maximum atomic E-state index is 11.9. The number of phenols is 1. The molecule has 17 heavy (non-hydrogen) atoms. The van der Waals surface area contributed by atoms with Gasteiger partial charge in [0.1, 0.15) is 5.75 Å². The lowest BCUT2D eigenvalue weighted by Gasteiger charge is -2.27. The van der Waals surface area contributed by atoms with Crippen LogP contribution in [0, 0.1) is 0 Å². The first-order valence-electron chi connectivity index (χ1n) is 5.21. The zero-order valence-corrected chi connectivity index (χ0v) is 11.3. The molecule has 0 aliphatic rings. The Balaban J connectivity index is 3.02. The van der Waals surface area contributed by atoms with E-state index in [9.17, 15) is 13.5 Å². The summed E-state index contributed by atoms with van der Waals surface area (Å²) < 4.78 is 26.3. The summed E-state index contributed by atoms with van der Waals surface area (Å²) in [6.45, 7) is 1.77. The quantitative estimate of drug-likeness (QED) is 0.882. The molecule has 1 rings (SSSR count). The number of benzene rings is 1. The molecule has 96 valence electrons. The van der Waals surface area contributed by atoms with Crippen molar-refractivity contribution in [3.05, 3.63) is 29.8 Å². The van der Waals surface area contributed by atoms with Crippen LogP contribution < -0.4 is 0 Å². The van der Waals surface area contributed by atoms with Gasteiger partial charge in [0.25, 0.3) is 10.2 Å². The summed E-state index contributed by atoms with van der Waals surface area (Å²) in [5.74, 6) is 0.130. The maximum absolute atomic E-state index is 11.9. The van der Waals surface area contributed by atoms with Crippen molar-refractivity contribution in [2.75, 3.05) is 21.1 Å². The smallest absolute Gasteiger partial charge is 0.281 e. The molecule has 1 aromatic carbocycles. The van der Waals surface area contributed by atoms with Gasteiger partial charge in [-0.2, -0.15) is 17.0 Å². The van der Waals surface area contributed by atoms with E-state index in [-0.39, 0.29) is 11.8 Å². The molecule has 0 fully saturated rings. The molecule has 0 aliphatic heterocycles. The van der Waals surface area contributed by atoms with Crippen LogP contribution in [0.2, 0.25) is 0 Å². The fourth-order valence-electron chi connectivity index (χ4n) is 1.45. The molecule has 0 saturated heterocycles. The average molecular weight is 258 g/mol. The first kappa shape index (κ1) is 14.0. The maximum Gasteiger partial charge on any atom is 0.281 e. The third kappa shape index (κ3) is 2.96. The van der Waals surface area contributed by atoms with E-state index in [1.165, 1.54) is 25.4 Å². The van der Waals surface area contributed by atoms with E-state index in [0.717, 1.165) is 9.87 Å². The van der Waals surface area contributed by atoms with Crippen LogP contribution in [0.5, 0.6) is 5.75 Å². The molecule has 1 aromatic rings. The Kier molecular flexibility index (Phi) is 4.13. The molecule has 5 nitrogen and oxygen atoms in total. The van der Waals surface area contributed by atoms with E-state index in [1.54, 1.807) is 31.2 Å². The van der Waals surface area contributed by atoms with E-state index >= 15 is 0 Å². The summed E-state index contributed by atoms with van der Waals surface area (Å²) in [6.07, 6.45) is 0. The molecule has 1 N–H and O–H groups in total. The van der Waals surface area contributed by atoms with Crippen molar-refractivity contribution in [3.8, 4) is 5.75 Å². The van der Waals surface area contributed by atoms with Crippen LogP contribution in [0.3, 0.4) is 0 Å². The van der Waals surface area contributed by atoms with Crippen molar-refractivity contribution in [3.63, 3.8) is 0 Å². The molecule has 0 heterocycles. The minimum Gasteiger partial charge on any atom is -0.508 e. The van der Waals surface area contributed by atoms with Crippen molar-refractivity contribution in [1.29, 1.82) is 0 Å². The van der Waals surface area contributed by atoms with Crippen LogP contribution in [0.1, 0.15) is 18.5 Å². The average Bonchev–Trinajstić information content (AvgIpc) is 2.26. The number of rotatable bonds is 4. The van der Waals surface area contributed by atoms with Crippen LogP contribution in [0.15, 0.2) is 24.3 Å². The molecular weight excluding hydrogens is 240 g/mol. The minimum absolute atomic E-state index is 0.130. The number of nitrogens with zero attached hydrogens (tertiary/aromatic N) is 2. The van der Waals surface area contributed by atoms with Gasteiger partial charge in [0.15, 0.2) is 0 Å². The van der Waals surface area contributed by atoms with Crippen molar-refractivity contribution in [1.82, 2.24) is 8.61 Å². The Labute approximate surface area is 102 Å². The van der Waals surface area contributed by atoms with E-state index in [4.69, 9.17) is 0 Å². The summed E-state index contributed by atoms with van der Waals surface area (Å²) in [5, 5.41) is 9.38. The van der Waals surface area contributed by atoms with Crippen LogP contribution in [-0.2, 0) is 10.2 Å². The monoisotopic (exact) mass is 258 g/mol. The highest BCUT2D eigenvalue weighted by molar-refractivity contribution is 7.86. The third-order valence-corrected chi connectivity index (χ3v) is 4.69. The summed E-state index contributed by atoms with van der Waals surface area (Å²) in [5.41, 5.74) is 0.748. The standard InChI is InChI=1S/C11H18N2O3S/c1-9(10-6-5-7-11(14)8-10)13(4)17(15,16)12(2)3/h5-9,14H,1-4H3/t9-/m0/s1. The lowest BCUT2D eigenvalue weighted by molar-refractivity contribution is 0.363. The van der Waals surface area contributed by atoms with Gasteiger partial charge in [-0.3, -0.25) is 0 Å². The van der Waals surface area contributed by atoms with Crippen LogP contribution in [-0.4, -0.2) is 43.3 Å². The van der Waals surface area contributed by atoms with Gasteiger partial charge < -0.3 is 5.11 Å². The first-order chi connectivity index (χ1) is 7.76. The highest BCUT2D eigenvalue weighted by atomic mass is 32.2. The van der Waals surface area contributed by atoms with Gasteiger partial charge in [-0.1, -0.05) is 12.1 Å². The number of aromatic hydroxyl groups is 1. The second kappa shape index (κ2) is 5.03. The molecule has 0 aliphatic carbocycles. The Morgan fingerprint density at radius 2 is 1.82 bits per heavy atom. The normalized spacial score (nSPS) is 14.2. The predicted molar refractivity (Wildman–Crippen MR) is 66.9 cm³/mol. The lowest BCUT2D eigenvalue weighted by Crippen LogP contribution is -2.38. The van der Waals surface area contributed by atoms with Crippen LogP contribution in [0.25, 0.3) is 0 Å². The van der Waals surface area contributed by atoms with Crippen molar-refractivity contribution in [2.24, 2.45) is 0 Å². The molecule has 0 bridgehead atoms. The lowest BCUT2D eigenvalue weighted by atomic mass is 10.1. The largest absolute Gasteiger partial charge is 0.508 e. The van der Waals surface area contributed by atoms with Gasteiger partial charge in [-0.15, -0.1) is 0 Å². The minimum atomic E-state index is -3.45. The number of hydrogen-bond acceptors (Lipinski definition) is 3. The van der Waals surface area contributed by atoms with Gasteiger partial charge >= 0.3 is 0 Å². The van der Waals surface area contributed by atoms with Gasteiger partial charge in [0, 0.05) is 27.2 Å². The van der Waals surface area contributed by atoms with Crippen LogP contribution >= 0.6 is 0 Å². The fraction of sp³-hybridized carbons (Fsp3) is 0.455. The Morgan fingerprint density at radius 3 is 2.29 bits per heavy atom. The van der Waals surface area contributed by atoms with Gasteiger partial charge in [-0.05, 0) is 24.6 Å². The fourth-order valence-corrected chi connectivity index (χ4v) is 2.49. The van der Waals surface area contributed by atoms with Gasteiger partial charge in [0.2, 0.25) is 0 Å². The van der Waals surface area contributed by atoms with Gasteiger partial charge in [-0.25, -0.2) is 0 Å². The summed E-state index contributed by atoms with van der Waals surface area (Å²) in [4.78, 5) is 0. The molecule has 0 saturated carbocycles. The Bertz CT molecular complexity index is 485. The summed E-state index contributed by atoms with van der Waals surface area (Å²) in [6, 6.07) is 6.25. The molecule has 1 atom stereocenters. The second-order valence-electron chi connectivity index (χ2n) is 4.08. The van der Waals surface area contributed by atoms with E-state index in [0.29, 0.717) is 0 Å². The zero-order valence-electron chi connectivity index (χ0n) is 10.5. The molecular formula is C11H18N2O3S. The summed E-state index contributed by atoms with van der Waals surface area (Å²) in [7, 11) is 1.04. The topological polar surface area (TPSA) is 60.9 Å². The van der Waals surface area contributed by atoms with E-state index in [2.05, 4.69) is 0 Å². The Hall–Kier alpha value is -1.11. The highest BCUT2D eigenvalue weighted by Gasteiger charge is 2.26. The summed E-state index contributed by atoms with van der Waals surface area (Å²) >= 11 is 0. The van der Waals surface area contributed by atoms with Crippen molar-refractivity contribution >= 4 is 10.2 Å². The molecule has 0 aromatic heterocycles. The highest BCUT2D eigenvalue weighted by Crippen LogP contribution is 2.24.